The Hall–Kier alpha value is -1.10. The van der Waals surface area contributed by atoms with Gasteiger partial charge in [-0.05, 0) is 26.7 Å². The highest BCUT2D eigenvalue weighted by atomic mass is 16.6. The fraction of sp³-hybridized carbons (Fsp3) is 0.818. The van der Waals surface area contributed by atoms with Gasteiger partial charge in [-0.2, -0.15) is 0 Å². The highest BCUT2D eigenvalue weighted by Gasteiger charge is 2.26. The number of hydrogen-bond donors (Lipinski definition) is 1. The van der Waals surface area contributed by atoms with Crippen LogP contribution in [0.25, 0.3) is 0 Å². The molecule has 2 atom stereocenters. The summed E-state index contributed by atoms with van der Waals surface area (Å²) in [5.41, 5.74) is 5.08. The monoisotopic (exact) mass is 231 g/mol. The molecule has 16 heavy (non-hydrogen) atoms. The predicted octanol–water partition coefficient (Wildman–Crippen LogP) is 0.855. The molecule has 0 aromatic rings. The summed E-state index contributed by atoms with van der Waals surface area (Å²) in [6.45, 7) is 7.08. The molecular formula is C11H21NO4. The van der Waals surface area contributed by atoms with E-state index in [0.717, 1.165) is 0 Å². The first kappa shape index (κ1) is 14.9. The van der Waals surface area contributed by atoms with Gasteiger partial charge in [0, 0.05) is 0 Å². The molecule has 0 aliphatic rings. The molecule has 0 aliphatic heterocycles. The molecule has 2 N–H and O–H groups in total. The van der Waals surface area contributed by atoms with Crippen molar-refractivity contribution in [3.63, 3.8) is 0 Å². The SMILES string of the molecule is COC(=O)[C@@H](N)[C@@H](C)CC(=O)OC(C)(C)C. The van der Waals surface area contributed by atoms with E-state index in [1.54, 1.807) is 27.7 Å². The maximum absolute atomic E-state index is 11.5. The molecule has 94 valence electrons. The molecule has 0 heterocycles. The van der Waals surface area contributed by atoms with Crippen LogP contribution in [-0.2, 0) is 19.1 Å². The van der Waals surface area contributed by atoms with E-state index in [4.69, 9.17) is 10.5 Å². The van der Waals surface area contributed by atoms with Crippen LogP contribution in [0.1, 0.15) is 34.1 Å². The molecule has 5 nitrogen and oxygen atoms in total. The first-order chi connectivity index (χ1) is 7.17. The second-order valence-electron chi connectivity index (χ2n) is 4.82. The zero-order valence-corrected chi connectivity index (χ0v) is 10.6. The molecule has 0 saturated carbocycles. The Kier molecular flexibility index (Phi) is 5.44. The lowest BCUT2D eigenvalue weighted by atomic mass is 9.99. The lowest BCUT2D eigenvalue weighted by Crippen LogP contribution is -2.39. The molecule has 0 radical (unpaired) electrons. The zero-order valence-electron chi connectivity index (χ0n) is 10.6. The van der Waals surface area contributed by atoms with Gasteiger partial charge in [-0.3, -0.25) is 9.59 Å². The number of carbonyl (C=O) groups excluding carboxylic acids is 2. The molecular weight excluding hydrogens is 210 g/mol. The van der Waals surface area contributed by atoms with Gasteiger partial charge in [0.15, 0.2) is 0 Å². The van der Waals surface area contributed by atoms with Crippen molar-refractivity contribution < 1.29 is 19.1 Å². The van der Waals surface area contributed by atoms with Crippen LogP contribution in [0.2, 0.25) is 0 Å². The van der Waals surface area contributed by atoms with Crippen molar-refractivity contribution >= 4 is 11.9 Å². The van der Waals surface area contributed by atoms with E-state index in [-0.39, 0.29) is 18.3 Å². The van der Waals surface area contributed by atoms with E-state index in [1.165, 1.54) is 7.11 Å². The molecule has 0 bridgehead atoms. The van der Waals surface area contributed by atoms with Crippen LogP contribution in [0.4, 0.5) is 0 Å². The minimum Gasteiger partial charge on any atom is -0.468 e. The maximum Gasteiger partial charge on any atom is 0.322 e. The smallest absolute Gasteiger partial charge is 0.322 e. The van der Waals surface area contributed by atoms with Gasteiger partial charge >= 0.3 is 11.9 Å². The highest BCUT2D eigenvalue weighted by molar-refractivity contribution is 5.77. The molecule has 0 spiro atoms. The van der Waals surface area contributed by atoms with Gasteiger partial charge in [0.05, 0.1) is 13.5 Å². The summed E-state index contributed by atoms with van der Waals surface area (Å²) in [7, 11) is 1.27. The average Bonchev–Trinajstić information content (AvgIpc) is 2.12. The van der Waals surface area contributed by atoms with Gasteiger partial charge in [-0.15, -0.1) is 0 Å². The number of nitrogens with two attached hydrogens (primary N) is 1. The number of ether oxygens (including phenoxy) is 2. The van der Waals surface area contributed by atoms with Crippen LogP contribution in [0.3, 0.4) is 0 Å². The number of methoxy groups -OCH3 is 1. The van der Waals surface area contributed by atoms with Crippen molar-refractivity contribution in [3.8, 4) is 0 Å². The fourth-order valence-electron chi connectivity index (χ4n) is 1.14. The van der Waals surface area contributed by atoms with Crippen molar-refractivity contribution in [2.75, 3.05) is 7.11 Å². The van der Waals surface area contributed by atoms with Crippen LogP contribution >= 0.6 is 0 Å². The molecule has 0 amide bonds. The summed E-state index contributed by atoms with van der Waals surface area (Å²) in [5, 5.41) is 0. The fourth-order valence-corrected chi connectivity index (χ4v) is 1.14. The van der Waals surface area contributed by atoms with E-state index in [0.29, 0.717) is 0 Å². The van der Waals surface area contributed by atoms with Crippen LogP contribution in [0.5, 0.6) is 0 Å². The average molecular weight is 231 g/mol. The Morgan fingerprint density at radius 1 is 1.31 bits per heavy atom. The van der Waals surface area contributed by atoms with Gasteiger partial charge < -0.3 is 15.2 Å². The normalized spacial score (nSPS) is 15.1. The maximum atomic E-state index is 11.5. The van der Waals surface area contributed by atoms with Crippen molar-refractivity contribution in [1.29, 1.82) is 0 Å². The lowest BCUT2D eigenvalue weighted by molar-refractivity contribution is -0.156. The van der Waals surface area contributed by atoms with Crippen molar-refractivity contribution in [1.82, 2.24) is 0 Å². The minimum absolute atomic E-state index is 0.105. The number of hydrogen-bond acceptors (Lipinski definition) is 5. The van der Waals surface area contributed by atoms with Gasteiger partial charge in [-0.25, -0.2) is 0 Å². The van der Waals surface area contributed by atoms with Crippen molar-refractivity contribution in [3.05, 3.63) is 0 Å². The standard InChI is InChI=1S/C11H21NO4/c1-7(9(12)10(14)15-5)6-8(13)16-11(2,3)4/h7,9H,6,12H2,1-5H3/t7-,9-/m0/s1. The second kappa shape index (κ2) is 5.84. The first-order valence-corrected chi connectivity index (χ1v) is 5.22. The second-order valence-corrected chi connectivity index (χ2v) is 4.82. The van der Waals surface area contributed by atoms with E-state index in [2.05, 4.69) is 4.74 Å². The first-order valence-electron chi connectivity index (χ1n) is 5.22. The molecule has 0 aliphatic carbocycles. The van der Waals surface area contributed by atoms with Crippen LogP contribution in [-0.4, -0.2) is 30.7 Å². The lowest BCUT2D eigenvalue weighted by Gasteiger charge is -2.22. The number of rotatable bonds is 4. The van der Waals surface area contributed by atoms with E-state index < -0.39 is 17.6 Å². The summed E-state index contributed by atoms with van der Waals surface area (Å²) >= 11 is 0. The van der Waals surface area contributed by atoms with Gasteiger partial charge in [0.25, 0.3) is 0 Å². The third-order valence-electron chi connectivity index (χ3n) is 2.00. The Morgan fingerprint density at radius 2 is 1.81 bits per heavy atom. The van der Waals surface area contributed by atoms with Crippen LogP contribution in [0, 0.1) is 5.92 Å². The van der Waals surface area contributed by atoms with E-state index >= 15 is 0 Å². The number of esters is 2. The van der Waals surface area contributed by atoms with Crippen molar-refractivity contribution in [2.24, 2.45) is 11.7 Å². The molecule has 0 saturated heterocycles. The van der Waals surface area contributed by atoms with Gasteiger partial charge in [-0.1, -0.05) is 6.92 Å². The Labute approximate surface area is 96.3 Å². The van der Waals surface area contributed by atoms with E-state index in [9.17, 15) is 9.59 Å². The summed E-state index contributed by atoms with van der Waals surface area (Å²) in [6, 6.07) is -0.794. The Balaban J connectivity index is 4.19. The molecule has 5 heteroatoms. The molecule has 0 aromatic heterocycles. The molecule has 0 aromatic carbocycles. The molecule has 0 rings (SSSR count). The third kappa shape index (κ3) is 5.70. The summed E-state index contributed by atoms with van der Waals surface area (Å²) < 4.78 is 9.62. The Morgan fingerprint density at radius 3 is 2.19 bits per heavy atom. The molecule has 0 fully saturated rings. The predicted molar refractivity (Wildman–Crippen MR) is 59.6 cm³/mol. The molecule has 0 unspecified atom stereocenters. The van der Waals surface area contributed by atoms with Crippen LogP contribution in [0.15, 0.2) is 0 Å². The summed E-state index contributed by atoms with van der Waals surface area (Å²) in [4.78, 5) is 22.6. The van der Waals surface area contributed by atoms with Gasteiger partial charge in [0.2, 0.25) is 0 Å². The zero-order chi connectivity index (χ0) is 12.9. The van der Waals surface area contributed by atoms with Gasteiger partial charge in [0.1, 0.15) is 11.6 Å². The summed E-state index contributed by atoms with van der Waals surface area (Å²) in [5.74, 6) is -1.18. The van der Waals surface area contributed by atoms with Crippen molar-refractivity contribution in [2.45, 2.75) is 45.8 Å². The third-order valence-corrected chi connectivity index (χ3v) is 2.00. The van der Waals surface area contributed by atoms with E-state index in [1.807, 2.05) is 0 Å². The largest absolute Gasteiger partial charge is 0.468 e. The summed E-state index contributed by atoms with van der Waals surface area (Å²) in [6.07, 6.45) is 0.105. The number of carbonyl (C=O) groups is 2. The topological polar surface area (TPSA) is 78.6 Å². The highest BCUT2D eigenvalue weighted by Crippen LogP contribution is 2.13. The van der Waals surface area contributed by atoms with Crippen LogP contribution < -0.4 is 5.73 Å². The minimum atomic E-state index is -0.794. The Bertz CT molecular complexity index is 257. The quantitative estimate of drug-likeness (QED) is 0.726.